The van der Waals surface area contributed by atoms with E-state index in [1.165, 1.54) is 0 Å². The van der Waals surface area contributed by atoms with Gasteiger partial charge in [0.25, 0.3) is 0 Å². The molecule has 0 bridgehead atoms. The highest BCUT2D eigenvalue weighted by molar-refractivity contribution is 5.61. The lowest BCUT2D eigenvalue weighted by molar-refractivity contribution is 0.329. The van der Waals surface area contributed by atoms with Gasteiger partial charge in [-0.3, -0.25) is 0 Å². The minimum absolute atomic E-state index is 0.440. The number of benzene rings is 1. The lowest BCUT2D eigenvalue weighted by Crippen LogP contribution is -2.02. The number of aromatic nitrogens is 1. The number of nitrogens with one attached hydrogen (secondary N) is 1. The molecule has 0 aliphatic carbocycles. The van der Waals surface area contributed by atoms with Gasteiger partial charge in [-0.05, 0) is 31.2 Å². The Morgan fingerprint density at radius 3 is 2.84 bits per heavy atom. The van der Waals surface area contributed by atoms with E-state index < -0.39 is 0 Å². The van der Waals surface area contributed by atoms with Crippen LogP contribution in [0.3, 0.4) is 0 Å². The van der Waals surface area contributed by atoms with Crippen LogP contribution in [0.1, 0.15) is 6.92 Å². The van der Waals surface area contributed by atoms with Crippen molar-refractivity contribution < 1.29 is 9.47 Å². The average Bonchev–Trinajstić information content (AvgIpc) is 2.43. The summed E-state index contributed by atoms with van der Waals surface area (Å²) >= 11 is 0. The van der Waals surface area contributed by atoms with Gasteiger partial charge in [-0.1, -0.05) is 6.07 Å². The van der Waals surface area contributed by atoms with Crippen LogP contribution in [0.4, 0.5) is 17.2 Å². The summed E-state index contributed by atoms with van der Waals surface area (Å²) < 4.78 is 10.5. The van der Waals surface area contributed by atoms with E-state index in [0.717, 1.165) is 11.4 Å². The van der Waals surface area contributed by atoms with Crippen molar-refractivity contribution in [1.82, 2.24) is 4.98 Å². The molecule has 100 valence electrons. The van der Waals surface area contributed by atoms with Gasteiger partial charge in [0.1, 0.15) is 11.6 Å². The fraction of sp³-hybridized carbons (Fsp3) is 0.214. The number of ether oxygens (including phenoxy) is 2. The second kappa shape index (κ2) is 5.95. The average molecular weight is 259 g/mol. The molecule has 0 aliphatic heterocycles. The number of hydrogen-bond acceptors (Lipinski definition) is 5. The number of nitrogens with zero attached hydrogens (tertiary/aromatic N) is 1. The van der Waals surface area contributed by atoms with Gasteiger partial charge in [0.15, 0.2) is 0 Å². The second-order valence-corrected chi connectivity index (χ2v) is 3.88. The molecule has 0 spiro atoms. The van der Waals surface area contributed by atoms with Gasteiger partial charge in [-0.15, -0.1) is 0 Å². The van der Waals surface area contributed by atoms with Crippen LogP contribution in [0.15, 0.2) is 36.4 Å². The molecule has 0 aliphatic rings. The maximum Gasteiger partial charge on any atom is 0.239 e. The molecule has 5 nitrogen and oxygen atoms in total. The van der Waals surface area contributed by atoms with Crippen LogP contribution in [0, 0.1) is 0 Å². The van der Waals surface area contributed by atoms with Crippen LogP contribution >= 0.6 is 0 Å². The molecule has 0 atom stereocenters. The molecule has 1 heterocycles. The smallest absolute Gasteiger partial charge is 0.239 e. The molecule has 0 saturated heterocycles. The largest absolute Gasteiger partial charge is 0.497 e. The van der Waals surface area contributed by atoms with Gasteiger partial charge in [0, 0.05) is 11.8 Å². The predicted molar refractivity (Wildman–Crippen MR) is 76.1 cm³/mol. The molecule has 2 aromatic rings. The van der Waals surface area contributed by atoms with Crippen molar-refractivity contribution in [2.24, 2.45) is 0 Å². The monoisotopic (exact) mass is 259 g/mol. The molecule has 0 amide bonds. The fourth-order valence-corrected chi connectivity index (χ4v) is 1.62. The topological polar surface area (TPSA) is 69.4 Å². The Morgan fingerprint density at radius 2 is 2.11 bits per heavy atom. The first kappa shape index (κ1) is 13.0. The number of pyridine rings is 1. The van der Waals surface area contributed by atoms with E-state index in [2.05, 4.69) is 10.3 Å². The molecule has 3 N–H and O–H groups in total. The summed E-state index contributed by atoms with van der Waals surface area (Å²) in [4.78, 5) is 4.31. The van der Waals surface area contributed by atoms with Gasteiger partial charge in [0.05, 0.1) is 19.4 Å². The van der Waals surface area contributed by atoms with Crippen LogP contribution in [0.25, 0.3) is 0 Å². The van der Waals surface area contributed by atoms with E-state index in [1.54, 1.807) is 19.2 Å². The SMILES string of the molecule is CCOc1nc(Nc2cccc(OC)c2)ccc1N. The number of anilines is 3. The van der Waals surface area contributed by atoms with Crippen LogP contribution in [0.5, 0.6) is 11.6 Å². The van der Waals surface area contributed by atoms with Crippen LogP contribution < -0.4 is 20.5 Å². The Kier molecular flexibility index (Phi) is 4.07. The van der Waals surface area contributed by atoms with E-state index in [4.69, 9.17) is 15.2 Å². The molecule has 19 heavy (non-hydrogen) atoms. The third-order valence-corrected chi connectivity index (χ3v) is 2.51. The van der Waals surface area contributed by atoms with E-state index >= 15 is 0 Å². The molecule has 2 rings (SSSR count). The van der Waals surface area contributed by atoms with Gasteiger partial charge < -0.3 is 20.5 Å². The van der Waals surface area contributed by atoms with E-state index in [9.17, 15) is 0 Å². The van der Waals surface area contributed by atoms with Gasteiger partial charge >= 0.3 is 0 Å². The van der Waals surface area contributed by atoms with Crippen molar-refractivity contribution in [2.75, 3.05) is 24.8 Å². The van der Waals surface area contributed by atoms with E-state index in [0.29, 0.717) is 24.0 Å². The lowest BCUT2D eigenvalue weighted by Gasteiger charge is -2.10. The van der Waals surface area contributed by atoms with Crippen molar-refractivity contribution in [3.05, 3.63) is 36.4 Å². The molecular formula is C14H17N3O2. The number of hydrogen-bond donors (Lipinski definition) is 2. The molecule has 0 fully saturated rings. The Bertz CT molecular complexity index is 558. The van der Waals surface area contributed by atoms with Crippen molar-refractivity contribution in [3.8, 4) is 11.6 Å². The summed E-state index contributed by atoms with van der Waals surface area (Å²) in [7, 11) is 1.63. The highest BCUT2D eigenvalue weighted by Crippen LogP contribution is 2.24. The molecule has 0 saturated carbocycles. The third-order valence-electron chi connectivity index (χ3n) is 2.51. The summed E-state index contributed by atoms with van der Waals surface area (Å²) in [6, 6.07) is 11.2. The molecule has 1 aromatic heterocycles. The normalized spacial score (nSPS) is 10.0. The van der Waals surface area contributed by atoms with Gasteiger partial charge in [-0.25, -0.2) is 0 Å². The summed E-state index contributed by atoms with van der Waals surface area (Å²) in [6.45, 7) is 2.42. The number of rotatable bonds is 5. The van der Waals surface area contributed by atoms with Crippen molar-refractivity contribution in [2.45, 2.75) is 6.92 Å². The Balaban J connectivity index is 2.20. The van der Waals surface area contributed by atoms with Crippen molar-refractivity contribution >= 4 is 17.2 Å². The zero-order chi connectivity index (χ0) is 13.7. The third kappa shape index (κ3) is 3.28. The van der Waals surface area contributed by atoms with Crippen LogP contribution in [-0.2, 0) is 0 Å². The van der Waals surface area contributed by atoms with Gasteiger partial charge in [0.2, 0.25) is 5.88 Å². The Hall–Kier alpha value is -2.43. The Labute approximate surface area is 112 Å². The summed E-state index contributed by atoms with van der Waals surface area (Å²) in [5, 5.41) is 3.18. The zero-order valence-corrected chi connectivity index (χ0v) is 11.0. The number of methoxy groups -OCH3 is 1. The first-order valence-electron chi connectivity index (χ1n) is 6.03. The van der Waals surface area contributed by atoms with Gasteiger partial charge in [-0.2, -0.15) is 4.98 Å². The lowest BCUT2D eigenvalue weighted by atomic mass is 10.3. The number of nitrogen functional groups attached to an aromatic ring is 1. The fourth-order valence-electron chi connectivity index (χ4n) is 1.62. The van der Waals surface area contributed by atoms with Crippen LogP contribution in [-0.4, -0.2) is 18.7 Å². The molecule has 5 heteroatoms. The summed E-state index contributed by atoms with van der Waals surface area (Å²) in [5.74, 6) is 1.90. The Morgan fingerprint density at radius 1 is 1.26 bits per heavy atom. The summed E-state index contributed by atoms with van der Waals surface area (Å²) in [5.41, 5.74) is 7.19. The molecule has 0 unspecified atom stereocenters. The molecule has 0 radical (unpaired) electrons. The maximum absolute atomic E-state index is 5.78. The second-order valence-electron chi connectivity index (χ2n) is 3.88. The van der Waals surface area contributed by atoms with E-state index in [-0.39, 0.29) is 0 Å². The standard InChI is InChI=1S/C14H17N3O2/c1-3-19-14-12(15)7-8-13(17-14)16-10-5-4-6-11(9-10)18-2/h4-9H,3,15H2,1-2H3,(H,16,17). The predicted octanol–water partition coefficient (Wildman–Crippen LogP) is 2.81. The molecular weight excluding hydrogens is 242 g/mol. The van der Waals surface area contributed by atoms with Crippen LogP contribution in [0.2, 0.25) is 0 Å². The minimum Gasteiger partial charge on any atom is -0.497 e. The highest BCUT2D eigenvalue weighted by Gasteiger charge is 2.04. The van der Waals surface area contributed by atoms with Crippen molar-refractivity contribution in [3.63, 3.8) is 0 Å². The maximum atomic E-state index is 5.78. The molecule has 1 aromatic carbocycles. The highest BCUT2D eigenvalue weighted by atomic mass is 16.5. The first-order chi connectivity index (χ1) is 9.22. The quantitative estimate of drug-likeness (QED) is 0.864. The minimum atomic E-state index is 0.440. The summed E-state index contributed by atoms with van der Waals surface area (Å²) in [6.07, 6.45) is 0. The number of nitrogens with two attached hydrogens (primary N) is 1. The zero-order valence-electron chi connectivity index (χ0n) is 11.0. The first-order valence-corrected chi connectivity index (χ1v) is 6.03. The van der Waals surface area contributed by atoms with Crippen molar-refractivity contribution in [1.29, 1.82) is 0 Å². The van der Waals surface area contributed by atoms with E-state index in [1.807, 2.05) is 31.2 Å².